The molecule has 0 spiro atoms. The van der Waals surface area contributed by atoms with Crippen molar-refractivity contribution >= 4 is 14.3 Å². The minimum absolute atomic E-state index is 0.0307. The van der Waals surface area contributed by atoms with Crippen molar-refractivity contribution in [2.24, 2.45) is 0 Å². The lowest BCUT2D eigenvalue weighted by Gasteiger charge is -2.37. The number of esters is 1. The van der Waals surface area contributed by atoms with Gasteiger partial charge < -0.3 is 19.0 Å². The van der Waals surface area contributed by atoms with Gasteiger partial charge in [-0.3, -0.25) is 0 Å². The third kappa shape index (κ3) is 3.69. The highest BCUT2D eigenvalue weighted by molar-refractivity contribution is 6.74. The Hall–Kier alpha value is -1.69. The summed E-state index contributed by atoms with van der Waals surface area (Å²) >= 11 is 0. The SMILES string of the molecule is COC(=O)c1c(O)cc(OC)cc1O[Si](C)(C)C(C)(C)C. The molecule has 0 saturated carbocycles. The Morgan fingerprint density at radius 1 is 1.19 bits per heavy atom. The van der Waals surface area contributed by atoms with Gasteiger partial charge in [0.25, 0.3) is 8.32 Å². The summed E-state index contributed by atoms with van der Waals surface area (Å²) in [4.78, 5) is 11.9. The normalized spacial score (nSPS) is 12.0. The molecule has 0 bridgehead atoms. The van der Waals surface area contributed by atoms with E-state index in [0.717, 1.165) is 0 Å². The molecule has 118 valence electrons. The molecule has 6 heteroatoms. The second-order valence-corrected chi connectivity index (χ2v) is 11.1. The molecule has 1 aromatic rings. The number of rotatable bonds is 4. The molecule has 1 aromatic carbocycles. The molecule has 0 amide bonds. The van der Waals surface area contributed by atoms with E-state index in [2.05, 4.69) is 33.9 Å². The smallest absolute Gasteiger partial charge is 0.345 e. The van der Waals surface area contributed by atoms with Crippen LogP contribution in [0.25, 0.3) is 0 Å². The first kappa shape index (κ1) is 17.4. The van der Waals surface area contributed by atoms with E-state index in [4.69, 9.17) is 13.9 Å². The van der Waals surface area contributed by atoms with Crippen molar-refractivity contribution in [1.29, 1.82) is 0 Å². The van der Waals surface area contributed by atoms with Crippen LogP contribution in [-0.2, 0) is 4.74 Å². The number of benzene rings is 1. The summed E-state index contributed by atoms with van der Waals surface area (Å²) in [7, 11) is 0.586. The molecule has 0 aliphatic carbocycles. The van der Waals surface area contributed by atoms with Gasteiger partial charge in [-0.25, -0.2) is 4.79 Å². The van der Waals surface area contributed by atoms with E-state index in [1.165, 1.54) is 20.3 Å². The summed E-state index contributed by atoms with van der Waals surface area (Å²) in [5.41, 5.74) is 0.0307. The highest BCUT2D eigenvalue weighted by atomic mass is 28.4. The highest BCUT2D eigenvalue weighted by Crippen LogP contribution is 2.41. The van der Waals surface area contributed by atoms with E-state index >= 15 is 0 Å². The van der Waals surface area contributed by atoms with E-state index in [-0.39, 0.29) is 16.4 Å². The van der Waals surface area contributed by atoms with Gasteiger partial charge in [0.1, 0.15) is 22.8 Å². The van der Waals surface area contributed by atoms with Gasteiger partial charge in [-0.05, 0) is 18.1 Å². The lowest BCUT2D eigenvalue weighted by molar-refractivity contribution is 0.0595. The average Bonchev–Trinajstić information content (AvgIpc) is 2.35. The first-order valence-electron chi connectivity index (χ1n) is 6.72. The summed E-state index contributed by atoms with van der Waals surface area (Å²) in [6, 6.07) is 2.97. The van der Waals surface area contributed by atoms with Gasteiger partial charge in [0.05, 0.1) is 14.2 Å². The third-order valence-corrected chi connectivity index (χ3v) is 8.19. The van der Waals surface area contributed by atoms with Gasteiger partial charge >= 0.3 is 5.97 Å². The number of ether oxygens (including phenoxy) is 2. The van der Waals surface area contributed by atoms with Gasteiger partial charge in [0.2, 0.25) is 0 Å². The van der Waals surface area contributed by atoms with Crippen LogP contribution in [0.3, 0.4) is 0 Å². The van der Waals surface area contributed by atoms with Crippen molar-refractivity contribution in [1.82, 2.24) is 0 Å². The maximum absolute atomic E-state index is 11.9. The van der Waals surface area contributed by atoms with E-state index in [9.17, 15) is 9.90 Å². The van der Waals surface area contributed by atoms with Gasteiger partial charge in [-0.2, -0.15) is 0 Å². The van der Waals surface area contributed by atoms with Crippen molar-refractivity contribution in [3.05, 3.63) is 17.7 Å². The number of aromatic hydroxyl groups is 1. The zero-order chi connectivity index (χ0) is 16.4. The highest BCUT2D eigenvalue weighted by Gasteiger charge is 2.40. The van der Waals surface area contributed by atoms with E-state index in [1.54, 1.807) is 6.07 Å². The zero-order valence-corrected chi connectivity index (χ0v) is 14.7. The van der Waals surface area contributed by atoms with Crippen LogP contribution < -0.4 is 9.16 Å². The van der Waals surface area contributed by atoms with Crippen molar-refractivity contribution in [3.8, 4) is 17.2 Å². The summed E-state index contributed by atoms with van der Waals surface area (Å²) in [5, 5.41) is 10.0. The van der Waals surface area contributed by atoms with Crippen LogP contribution in [0.2, 0.25) is 18.1 Å². The fraction of sp³-hybridized carbons (Fsp3) is 0.533. The first-order chi connectivity index (χ1) is 9.53. The van der Waals surface area contributed by atoms with E-state index < -0.39 is 14.3 Å². The minimum Gasteiger partial charge on any atom is -0.543 e. The van der Waals surface area contributed by atoms with Crippen LogP contribution in [0.15, 0.2) is 12.1 Å². The summed E-state index contributed by atoms with van der Waals surface area (Å²) in [6.45, 7) is 10.4. The van der Waals surface area contributed by atoms with Crippen molar-refractivity contribution < 1.29 is 23.8 Å². The van der Waals surface area contributed by atoms with Crippen LogP contribution in [0, 0.1) is 0 Å². The Balaban J connectivity index is 3.39. The average molecular weight is 312 g/mol. The molecule has 1 rings (SSSR count). The second-order valence-electron chi connectivity index (χ2n) is 6.37. The summed E-state index contributed by atoms with van der Waals surface area (Å²) < 4.78 is 16.0. The number of carbonyl (C=O) groups is 1. The number of hydrogen-bond donors (Lipinski definition) is 1. The molecule has 0 aliphatic rings. The maximum atomic E-state index is 11.9. The van der Waals surface area contributed by atoms with Crippen molar-refractivity contribution in [3.63, 3.8) is 0 Å². The molecular formula is C15H24O5Si. The lowest BCUT2D eigenvalue weighted by Crippen LogP contribution is -2.44. The first-order valence-corrected chi connectivity index (χ1v) is 9.62. The van der Waals surface area contributed by atoms with Crippen LogP contribution in [-0.4, -0.2) is 33.6 Å². The molecule has 0 heterocycles. The largest absolute Gasteiger partial charge is 0.543 e. The Labute approximate surface area is 127 Å². The molecule has 0 unspecified atom stereocenters. The molecule has 1 N–H and O–H groups in total. The van der Waals surface area contributed by atoms with Crippen LogP contribution in [0.4, 0.5) is 0 Å². The molecule has 0 aromatic heterocycles. The Morgan fingerprint density at radius 2 is 1.76 bits per heavy atom. The molecule has 0 radical (unpaired) electrons. The number of phenols is 1. The number of methoxy groups -OCH3 is 2. The Bertz CT molecular complexity index is 532. The third-order valence-electron chi connectivity index (χ3n) is 3.85. The maximum Gasteiger partial charge on any atom is 0.345 e. The number of hydrogen-bond acceptors (Lipinski definition) is 5. The molecule has 0 saturated heterocycles. The van der Waals surface area contributed by atoms with E-state index in [1.807, 2.05) is 0 Å². The lowest BCUT2D eigenvalue weighted by atomic mass is 10.1. The number of phenolic OH excluding ortho intramolecular Hbond substituents is 1. The topological polar surface area (TPSA) is 65.0 Å². The molecule has 5 nitrogen and oxygen atoms in total. The predicted octanol–water partition coefficient (Wildman–Crippen LogP) is 3.57. The van der Waals surface area contributed by atoms with Gasteiger partial charge in [-0.15, -0.1) is 0 Å². The molecule has 0 aliphatic heterocycles. The Kier molecular flexibility index (Phi) is 4.93. The van der Waals surface area contributed by atoms with Crippen molar-refractivity contribution in [2.75, 3.05) is 14.2 Å². The van der Waals surface area contributed by atoms with Gasteiger partial charge in [0, 0.05) is 12.1 Å². The van der Waals surface area contributed by atoms with Gasteiger partial charge in [0.15, 0.2) is 0 Å². The summed E-state index contributed by atoms with van der Waals surface area (Å²) in [5.74, 6) is -0.127. The zero-order valence-electron chi connectivity index (χ0n) is 13.7. The predicted molar refractivity (Wildman–Crippen MR) is 83.8 cm³/mol. The summed E-state index contributed by atoms with van der Waals surface area (Å²) in [6.07, 6.45) is 0. The van der Waals surface area contributed by atoms with Crippen LogP contribution >= 0.6 is 0 Å². The molecule has 21 heavy (non-hydrogen) atoms. The fourth-order valence-corrected chi connectivity index (χ4v) is 2.53. The van der Waals surface area contributed by atoms with Crippen LogP contribution in [0.5, 0.6) is 17.2 Å². The Morgan fingerprint density at radius 3 is 2.19 bits per heavy atom. The number of carbonyl (C=O) groups excluding carboxylic acids is 1. The fourth-order valence-electron chi connectivity index (χ4n) is 1.51. The second kappa shape index (κ2) is 5.97. The molecular weight excluding hydrogens is 288 g/mol. The molecule has 0 atom stereocenters. The van der Waals surface area contributed by atoms with E-state index in [0.29, 0.717) is 11.5 Å². The molecule has 0 fully saturated rings. The monoisotopic (exact) mass is 312 g/mol. The van der Waals surface area contributed by atoms with Crippen LogP contribution in [0.1, 0.15) is 31.1 Å². The van der Waals surface area contributed by atoms with Gasteiger partial charge in [-0.1, -0.05) is 20.8 Å². The minimum atomic E-state index is -2.17. The van der Waals surface area contributed by atoms with Crippen molar-refractivity contribution in [2.45, 2.75) is 38.9 Å². The standard InChI is InChI=1S/C15H24O5Si/c1-15(2,3)21(6,7)20-12-9-10(18-4)8-11(16)13(12)14(17)19-5/h8-9,16H,1-7H3. The quantitative estimate of drug-likeness (QED) is 0.680.